The molecule has 1 saturated heterocycles. The van der Waals surface area contributed by atoms with Gasteiger partial charge in [-0.25, -0.2) is 13.4 Å². The molecule has 7 nitrogen and oxygen atoms in total. The second kappa shape index (κ2) is 9.66. The fraction of sp³-hybridized carbons (Fsp3) is 0.444. The number of amides is 1. The molecule has 35 heavy (non-hydrogen) atoms. The number of benzene rings is 2. The van der Waals surface area contributed by atoms with E-state index in [-0.39, 0.29) is 10.8 Å². The summed E-state index contributed by atoms with van der Waals surface area (Å²) in [6.45, 7) is 6.01. The molecule has 2 aliphatic heterocycles. The first kappa shape index (κ1) is 23.9. The average molecular weight is 493 g/mol. The van der Waals surface area contributed by atoms with Crippen LogP contribution in [-0.2, 0) is 23.0 Å². The molecule has 0 saturated carbocycles. The number of carbonyl (C=O) groups excluding carboxylic acids is 1. The Labute approximate surface area is 206 Å². The Kier molecular flexibility index (Phi) is 6.59. The quantitative estimate of drug-likeness (QED) is 0.549. The van der Waals surface area contributed by atoms with Gasteiger partial charge in [-0.15, -0.1) is 0 Å². The summed E-state index contributed by atoms with van der Waals surface area (Å²) in [5.74, 6) is 1.23. The molecular weight excluding hydrogens is 460 g/mol. The molecule has 1 aromatic heterocycles. The van der Waals surface area contributed by atoms with Gasteiger partial charge in [-0.05, 0) is 67.5 Å². The number of para-hydroxylation sites is 1. The summed E-state index contributed by atoms with van der Waals surface area (Å²) in [7, 11) is -3.60. The third-order valence-corrected chi connectivity index (χ3v) is 8.87. The van der Waals surface area contributed by atoms with Crippen LogP contribution in [0.2, 0.25) is 0 Å². The highest BCUT2D eigenvalue weighted by atomic mass is 32.2. The number of hydrogen-bond acceptors (Lipinski definition) is 4. The summed E-state index contributed by atoms with van der Waals surface area (Å²) >= 11 is 0. The van der Waals surface area contributed by atoms with Crippen LogP contribution < -0.4 is 5.49 Å². The zero-order valence-corrected chi connectivity index (χ0v) is 21.2. The zero-order valence-electron chi connectivity index (χ0n) is 20.4. The fourth-order valence-corrected chi connectivity index (χ4v) is 7.06. The van der Waals surface area contributed by atoms with Crippen molar-refractivity contribution in [3.8, 4) is 0 Å². The molecule has 3 heterocycles. The van der Waals surface area contributed by atoms with E-state index < -0.39 is 10.0 Å². The highest BCUT2D eigenvalue weighted by Gasteiger charge is 2.31. The Morgan fingerprint density at radius 1 is 0.971 bits per heavy atom. The number of nitrogens with zero attached hydrogens (tertiary/aromatic N) is 4. The minimum Gasteiger partial charge on any atom is -0.314 e. The minimum atomic E-state index is -3.60. The van der Waals surface area contributed by atoms with Crippen LogP contribution >= 0.6 is 0 Å². The highest BCUT2D eigenvalue weighted by Crippen LogP contribution is 2.27. The Bertz CT molecular complexity index is 1420. The first-order chi connectivity index (χ1) is 16.8. The predicted octanol–water partition coefficient (Wildman–Crippen LogP) is 4.17. The van der Waals surface area contributed by atoms with Gasteiger partial charge in [-0.3, -0.25) is 4.79 Å². The Hall–Kier alpha value is -2.84. The molecule has 5 rings (SSSR count). The van der Waals surface area contributed by atoms with Crippen LogP contribution in [0.4, 0.5) is 0 Å². The standard InChI is InChI=1S/C27H32N4O3S/c1-19-16-20(2)18-30(17-19)35(33,34)22-13-11-21(12-14-22)27(32)29-26-23-8-5-6-9-24(23)28-25-10-4-3-7-15-31(25)26/h5-6,8-9,11-14,19-20H,3-4,7,10,15-18H2,1-2H3. The first-order valence-corrected chi connectivity index (χ1v) is 13.9. The molecule has 0 radical (unpaired) electrons. The second-order valence-electron chi connectivity index (χ2n) is 10.0. The maximum atomic E-state index is 13.2. The van der Waals surface area contributed by atoms with Crippen molar-refractivity contribution in [1.29, 1.82) is 0 Å². The summed E-state index contributed by atoms with van der Waals surface area (Å²) in [4.78, 5) is 22.8. The zero-order chi connectivity index (χ0) is 24.6. The maximum Gasteiger partial charge on any atom is 0.278 e. The molecule has 2 aromatic carbocycles. The minimum absolute atomic E-state index is 0.216. The molecule has 0 N–H and O–H groups in total. The molecule has 0 spiro atoms. The van der Waals surface area contributed by atoms with Gasteiger partial charge in [0, 0.05) is 37.0 Å². The Morgan fingerprint density at radius 3 is 2.43 bits per heavy atom. The Balaban J connectivity index is 1.49. The SMILES string of the molecule is CC1CC(C)CN(S(=O)(=O)c2ccc(C(=O)N=c3c4ccccc4nc4n3CCCCC4)cc2)C1. The number of fused-ring (bicyclic) bond motifs is 2. The summed E-state index contributed by atoms with van der Waals surface area (Å²) in [6, 6.07) is 14.0. The van der Waals surface area contributed by atoms with Crippen LogP contribution in [0.5, 0.6) is 0 Å². The third-order valence-electron chi connectivity index (χ3n) is 7.03. The van der Waals surface area contributed by atoms with Crippen molar-refractivity contribution in [2.45, 2.75) is 57.4 Å². The highest BCUT2D eigenvalue weighted by molar-refractivity contribution is 7.89. The molecular formula is C27H32N4O3S. The largest absolute Gasteiger partial charge is 0.314 e. The van der Waals surface area contributed by atoms with Crippen LogP contribution in [0.1, 0.15) is 55.7 Å². The first-order valence-electron chi connectivity index (χ1n) is 12.5. The maximum absolute atomic E-state index is 13.2. The van der Waals surface area contributed by atoms with Crippen LogP contribution in [-0.4, -0.2) is 41.3 Å². The van der Waals surface area contributed by atoms with Crippen molar-refractivity contribution in [3.63, 3.8) is 0 Å². The number of aryl methyl sites for hydroxylation is 1. The van der Waals surface area contributed by atoms with E-state index in [4.69, 9.17) is 4.98 Å². The Morgan fingerprint density at radius 2 is 1.69 bits per heavy atom. The van der Waals surface area contributed by atoms with E-state index in [0.29, 0.717) is 36.0 Å². The van der Waals surface area contributed by atoms with Crippen molar-refractivity contribution in [3.05, 3.63) is 65.4 Å². The van der Waals surface area contributed by atoms with Crippen molar-refractivity contribution < 1.29 is 13.2 Å². The average Bonchev–Trinajstić information content (AvgIpc) is 3.09. The van der Waals surface area contributed by atoms with E-state index in [2.05, 4.69) is 23.4 Å². The summed E-state index contributed by atoms with van der Waals surface area (Å²) in [6.07, 6.45) is 5.11. The van der Waals surface area contributed by atoms with Gasteiger partial charge in [0.15, 0.2) is 0 Å². The van der Waals surface area contributed by atoms with Gasteiger partial charge in [0.1, 0.15) is 11.3 Å². The van der Waals surface area contributed by atoms with Gasteiger partial charge in [-0.2, -0.15) is 9.30 Å². The number of aromatic nitrogens is 2. The normalized spacial score (nSPS) is 22.1. The molecule has 0 aliphatic carbocycles. The summed E-state index contributed by atoms with van der Waals surface area (Å²) < 4.78 is 30.0. The predicted molar refractivity (Wildman–Crippen MR) is 135 cm³/mol. The van der Waals surface area contributed by atoms with E-state index in [0.717, 1.165) is 55.4 Å². The summed E-state index contributed by atoms with van der Waals surface area (Å²) in [5.41, 5.74) is 1.83. The van der Waals surface area contributed by atoms with Crippen LogP contribution in [0, 0.1) is 11.8 Å². The van der Waals surface area contributed by atoms with Crippen molar-refractivity contribution in [1.82, 2.24) is 13.9 Å². The van der Waals surface area contributed by atoms with Gasteiger partial charge in [-0.1, -0.05) is 32.4 Å². The van der Waals surface area contributed by atoms with Crippen LogP contribution in [0.25, 0.3) is 10.9 Å². The lowest BCUT2D eigenvalue weighted by atomic mass is 9.94. The number of piperidine rings is 1. The van der Waals surface area contributed by atoms with E-state index in [1.807, 2.05) is 24.3 Å². The molecule has 1 amide bonds. The van der Waals surface area contributed by atoms with Crippen molar-refractivity contribution in [2.24, 2.45) is 16.8 Å². The number of hydrogen-bond donors (Lipinski definition) is 0. The fourth-order valence-electron chi connectivity index (χ4n) is 5.38. The molecule has 2 atom stereocenters. The topological polar surface area (TPSA) is 84.6 Å². The molecule has 3 aromatic rings. The third kappa shape index (κ3) is 4.82. The van der Waals surface area contributed by atoms with Gasteiger partial charge in [0.2, 0.25) is 10.0 Å². The summed E-state index contributed by atoms with van der Waals surface area (Å²) in [5, 5.41) is 0.846. The number of sulfonamides is 1. The van der Waals surface area contributed by atoms with Crippen molar-refractivity contribution in [2.75, 3.05) is 13.1 Å². The molecule has 1 fully saturated rings. The lowest BCUT2D eigenvalue weighted by molar-refractivity contribution is 0.0997. The van der Waals surface area contributed by atoms with Crippen molar-refractivity contribution >= 4 is 26.8 Å². The second-order valence-corrected chi connectivity index (χ2v) is 12.0. The lowest BCUT2D eigenvalue weighted by Crippen LogP contribution is -2.42. The smallest absolute Gasteiger partial charge is 0.278 e. The lowest BCUT2D eigenvalue weighted by Gasteiger charge is -2.34. The molecule has 8 heteroatoms. The van der Waals surface area contributed by atoms with Gasteiger partial charge in [0.25, 0.3) is 5.91 Å². The van der Waals surface area contributed by atoms with Gasteiger partial charge >= 0.3 is 0 Å². The van der Waals surface area contributed by atoms with E-state index in [9.17, 15) is 13.2 Å². The van der Waals surface area contributed by atoms with E-state index >= 15 is 0 Å². The monoisotopic (exact) mass is 492 g/mol. The molecule has 184 valence electrons. The molecule has 2 aliphatic rings. The van der Waals surface area contributed by atoms with Crippen LogP contribution in [0.3, 0.4) is 0 Å². The number of rotatable bonds is 3. The van der Waals surface area contributed by atoms with Gasteiger partial charge in [0.05, 0.1) is 10.4 Å². The van der Waals surface area contributed by atoms with Crippen LogP contribution in [0.15, 0.2) is 58.4 Å². The van der Waals surface area contributed by atoms with E-state index in [1.165, 1.54) is 12.1 Å². The number of carbonyl (C=O) groups is 1. The van der Waals surface area contributed by atoms with Gasteiger partial charge < -0.3 is 4.57 Å². The molecule has 2 unspecified atom stereocenters. The van der Waals surface area contributed by atoms with E-state index in [1.54, 1.807) is 16.4 Å². The molecule has 0 bridgehead atoms.